The van der Waals surface area contributed by atoms with Gasteiger partial charge in [0.25, 0.3) is 5.91 Å². The molecule has 4 amide bonds. The van der Waals surface area contributed by atoms with Crippen molar-refractivity contribution in [2.24, 2.45) is 0 Å². The number of anilines is 1. The van der Waals surface area contributed by atoms with Crippen LogP contribution in [0.4, 0.5) is 10.5 Å². The van der Waals surface area contributed by atoms with Crippen molar-refractivity contribution in [2.45, 2.75) is 25.3 Å². The highest BCUT2D eigenvalue weighted by Crippen LogP contribution is 2.27. The zero-order chi connectivity index (χ0) is 25.1. The summed E-state index contributed by atoms with van der Waals surface area (Å²) < 4.78 is 5.31. The molecule has 0 aliphatic carbocycles. The Kier molecular flexibility index (Phi) is 6.66. The van der Waals surface area contributed by atoms with Crippen LogP contribution in [-0.2, 0) is 11.2 Å². The van der Waals surface area contributed by atoms with E-state index < -0.39 is 0 Å². The van der Waals surface area contributed by atoms with Crippen molar-refractivity contribution in [1.82, 2.24) is 25.1 Å². The number of fused-ring (bicyclic) bond motifs is 2. The molecule has 3 heterocycles. The van der Waals surface area contributed by atoms with Gasteiger partial charge in [0, 0.05) is 43.8 Å². The van der Waals surface area contributed by atoms with E-state index in [9.17, 15) is 14.4 Å². The van der Waals surface area contributed by atoms with Crippen molar-refractivity contribution in [1.29, 1.82) is 0 Å². The lowest BCUT2D eigenvalue weighted by Gasteiger charge is -2.38. The second-order valence-corrected chi connectivity index (χ2v) is 8.92. The minimum absolute atomic E-state index is 0.0501. The van der Waals surface area contributed by atoms with E-state index in [2.05, 4.69) is 20.6 Å². The molecule has 2 aliphatic rings. The van der Waals surface area contributed by atoms with E-state index in [-0.39, 0.29) is 30.4 Å². The Labute approximate surface area is 208 Å². The average Bonchev–Trinajstić information content (AvgIpc) is 3.08. The Balaban J connectivity index is 1.14. The first-order chi connectivity index (χ1) is 17.5. The van der Waals surface area contributed by atoms with Gasteiger partial charge in [-0.25, -0.2) is 4.79 Å². The molecular formula is C26H28N6O4. The summed E-state index contributed by atoms with van der Waals surface area (Å²) in [5.74, 6) is 0.262. The number of methoxy groups -OCH3 is 1. The van der Waals surface area contributed by atoms with Gasteiger partial charge in [-0.1, -0.05) is 6.07 Å². The number of aromatic nitrogens is 2. The van der Waals surface area contributed by atoms with Crippen LogP contribution in [0.25, 0.3) is 11.0 Å². The fraction of sp³-hybridized carbons (Fsp3) is 0.346. The fourth-order valence-electron chi connectivity index (χ4n) is 4.87. The molecule has 2 N–H and O–H groups in total. The van der Waals surface area contributed by atoms with E-state index in [1.54, 1.807) is 36.4 Å². The number of urea groups is 1. The molecular weight excluding hydrogens is 460 g/mol. The van der Waals surface area contributed by atoms with Crippen LogP contribution >= 0.6 is 0 Å². The second-order valence-electron chi connectivity index (χ2n) is 8.92. The highest BCUT2D eigenvalue weighted by molar-refractivity contribution is 6.05. The smallest absolute Gasteiger partial charge is 0.322 e. The zero-order valence-corrected chi connectivity index (χ0v) is 20.1. The maximum absolute atomic E-state index is 12.9. The Morgan fingerprint density at radius 3 is 2.72 bits per heavy atom. The van der Waals surface area contributed by atoms with E-state index in [1.807, 2.05) is 23.1 Å². The third-order valence-corrected chi connectivity index (χ3v) is 6.84. The maximum Gasteiger partial charge on any atom is 0.322 e. The van der Waals surface area contributed by atoms with E-state index in [4.69, 9.17) is 4.74 Å². The van der Waals surface area contributed by atoms with Crippen molar-refractivity contribution in [3.8, 4) is 5.75 Å². The molecule has 0 bridgehead atoms. The normalized spacial score (nSPS) is 16.2. The quantitative estimate of drug-likeness (QED) is 0.570. The molecule has 0 atom stereocenters. The Morgan fingerprint density at radius 1 is 1.11 bits per heavy atom. The third kappa shape index (κ3) is 4.79. The number of carbonyl (C=O) groups is 3. The minimum Gasteiger partial charge on any atom is -0.497 e. The van der Waals surface area contributed by atoms with E-state index in [0.717, 1.165) is 23.4 Å². The van der Waals surface area contributed by atoms with Gasteiger partial charge < -0.3 is 25.2 Å². The summed E-state index contributed by atoms with van der Waals surface area (Å²) in [7, 11) is 1.63. The molecule has 2 aromatic carbocycles. The molecule has 5 rings (SSSR count). The monoisotopic (exact) mass is 488 g/mol. The van der Waals surface area contributed by atoms with Crippen molar-refractivity contribution >= 4 is 34.6 Å². The predicted molar refractivity (Wildman–Crippen MR) is 134 cm³/mol. The number of likely N-dealkylation sites (tertiary alicyclic amines) is 1. The summed E-state index contributed by atoms with van der Waals surface area (Å²) in [5.41, 5.74) is 3.37. The SMILES string of the molecule is COc1ccc2c(c1)CCN(C1CCN(C(=O)CNC(=O)c3cccc4nccnc34)CC1)C(=O)N2. The van der Waals surface area contributed by atoms with Crippen LogP contribution in [0.5, 0.6) is 5.75 Å². The largest absolute Gasteiger partial charge is 0.497 e. The molecule has 0 radical (unpaired) electrons. The van der Waals surface area contributed by atoms with Gasteiger partial charge in [-0.2, -0.15) is 0 Å². The van der Waals surface area contributed by atoms with Gasteiger partial charge in [0.2, 0.25) is 5.91 Å². The molecule has 10 nitrogen and oxygen atoms in total. The first kappa shape index (κ1) is 23.5. The first-order valence-electron chi connectivity index (χ1n) is 12.0. The number of hydrogen-bond donors (Lipinski definition) is 2. The molecule has 186 valence electrons. The third-order valence-electron chi connectivity index (χ3n) is 6.84. The zero-order valence-electron chi connectivity index (χ0n) is 20.1. The van der Waals surface area contributed by atoms with Crippen LogP contribution in [0.15, 0.2) is 48.8 Å². The molecule has 36 heavy (non-hydrogen) atoms. The molecule has 0 unspecified atom stereocenters. The number of hydrogen-bond acceptors (Lipinski definition) is 6. The minimum atomic E-state index is -0.359. The molecule has 1 fully saturated rings. The highest BCUT2D eigenvalue weighted by Gasteiger charge is 2.31. The first-order valence-corrected chi connectivity index (χ1v) is 12.0. The van der Waals surface area contributed by atoms with Gasteiger partial charge in [0.1, 0.15) is 11.3 Å². The number of para-hydroxylation sites is 1. The number of rotatable bonds is 5. The number of carbonyl (C=O) groups excluding carboxylic acids is 3. The summed E-state index contributed by atoms with van der Waals surface area (Å²) in [6.45, 7) is 1.57. The topological polar surface area (TPSA) is 117 Å². The van der Waals surface area contributed by atoms with Crippen LogP contribution in [0.3, 0.4) is 0 Å². The number of nitrogens with zero attached hydrogens (tertiary/aromatic N) is 4. The van der Waals surface area contributed by atoms with Gasteiger partial charge in [-0.15, -0.1) is 0 Å². The van der Waals surface area contributed by atoms with Gasteiger partial charge >= 0.3 is 6.03 Å². The molecule has 1 aromatic heterocycles. The number of nitrogens with one attached hydrogen (secondary N) is 2. The molecule has 3 aromatic rings. The predicted octanol–water partition coefficient (Wildman–Crippen LogP) is 2.45. The maximum atomic E-state index is 12.9. The van der Waals surface area contributed by atoms with Crippen molar-refractivity contribution < 1.29 is 19.1 Å². The summed E-state index contributed by atoms with van der Waals surface area (Å²) in [6.07, 6.45) is 5.21. The van der Waals surface area contributed by atoms with Gasteiger partial charge in [-0.3, -0.25) is 19.6 Å². The average molecular weight is 489 g/mol. The summed E-state index contributed by atoms with van der Waals surface area (Å²) >= 11 is 0. The number of piperidine rings is 1. The Hall–Kier alpha value is -4.21. The molecule has 2 aliphatic heterocycles. The lowest BCUT2D eigenvalue weighted by molar-refractivity contribution is -0.131. The van der Waals surface area contributed by atoms with Gasteiger partial charge in [0.15, 0.2) is 0 Å². The lowest BCUT2D eigenvalue weighted by atomic mass is 10.0. The van der Waals surface area contributed by atoms with Crippen molar-refractivity contribution in [3.63, 3.8) is 0 Å². The van der Waals surface area contributed by atoms with Crippen LogP contribution in [-0.4, -0.2) is 76.9 Å². The molecule has 0 saturated carbocycles. The van der Waals surface area contributed by atoms with Crippen molar-refractivity contribution in [3.05, 3.63) is 59.9 Å². The molecule has 0 spiro atoms. The van der Waals surface area contributed by atoms with Gasteiger partial charge in [0.05, 0.1) is 24.7 Å². The van der Waals surface area contributed by atoms with Crippen LogP contribution < -0.4 is 15.4 Å². The fourth-order valence-corrected chi connectivity index (χ4v) is 4.87. The van der Waals surface area contributed by atoms with E-state index >= 15 is 0 Å². The van der Waals surface area contributed by atoms with E-state index in [0.29, 0.717) is 49.1 Å². The molecule has 10 heteroatoms. The van der Waals surface area contributed by atoms with Crippen molar-refractivity contribution in [2.75, 3.05) is 38.6 Å². The molecule has 1 saturated heterocycles. The van der Waals surface area contributed by atoms with Crippen LogP contribution in [0.2, 0.25) is 0 Å². The summed E-state index contributed by atoms with van der Waals surface area (Å²) in [4.78, 5) is 50.5. The number of benzene rings is 2. The number of amides is 4. The summed E-state index contributed by atoms with van der Waals surface area (Å²) in [5, 5.41) is 5.72. The number of ether oxygens (including phenoxy) is 1. The summed E-state index contributed by atoms with van der Waals surface area (Å²) in [6, 6.07) is 10.8. The standard InChI is InChI=1S/C26H28N6O4/c1-36-19-5-6-21-17(15-19)7-14-32(26(35)30-21)18-8-12-31(13-9-18)23(33)16-29-25(34)20-3-2-4-22-24(20)28-11-10-27-22/h2-6,10-11,15,18H,7-9,12-14,16H2,1H3,(H,29,34)(H,30,35). The van der Waals surface area contributed by atoms with Gasteiger partial charge in [-0.05, 0) is 55.2 Å². The highest BCUT2D eigenvalue weighted by atomic mass is 16.5. The lowest BCUT2D eigenvalue weighted by Crippen LogP contribution is -2.51. The van der Waals surface area contributed by atoms with E-state index in [1.165, 1.54) is 6.20 Å². The van der Waals surface area contributed by atoms with Crippen LogP contribution in [0, 0.1) is 0 Å². The Bertz CT molecular complexity index is 1300. The van der Waals surface area contributed by atoms with Crippen LogP contribution in [0.1, 0.15) is 28.8 Å². The Morgan fingerprint density at radius 2 is 1.92 bits per heavy atom. The second kappa shape index (κ2) is 10.2.